The number of imidazole rings is 1. The molecule has 1 saturated heterocycles. The second kappa shape index (κ2) is 8.91. The van der Waals surface area contributed by atoms with Crippen LogP contribution in [0.25, 0.3) is 5.69 Å². The molecule has 1 atom stereocenters. The Hall–Kier alpha value is -1.56. The lowest BCUT2D eigenvalue weighted by Crippen LogP contribution is -2.46. The number of halogens is 2. The van der Waals surface area contributed by atoms with E-state index in [0.717, 1.165) is 37.2 Å². The number of aromatic nitrogens is 2. The lowest BCUT2D eigenvalue weighted by molar-refractivity contribution is 0.0698. The SMILES string of the molecule is CNC1CCCN(C(=O)c2ccc(-n3ccnc3)cc2)C1.Cl.Cl. The van der Waals surface area contributed by atoms with Crippen LogP contribution in [0.2, 0.25) is 0 Å². The zero-order chi connectivity index (χ0) is 14.7. The van der Waals surface area contributed by atoms with E-state index in [9.17, 15) is 4.79 Å². The molecule has 1 aliphatic rings. The first-order chi connectivity index (χ1) is 10.3. The molecule has 1 fully saturated rings. The van der Waals surface area contributed by atoms with Crippen LogP contribution in [0, 0.1) is 0 Å². The minimum atomic E-state index is 0. The van der Waals surface area contributed by atoms with Crippen molar-refractivity contribution in [2.24, 2.45) is 0 Å². The fourth-order valence-electron chi connectivity index (χ4n) is 2.77. The van der Waals surface area contributed by atoms with Crippen LogP contribution in [0.3, 0.4) is 0 Å². The number of nitrogens with zero attached hydrogens (tertiary/aromatic N) is 3. The summed E-state index contributed by atoms with van der Waals surface area (Å²) in [7, 11) is 1.96. The van der Waals surface area contributed by atoms with Crippen LogP contribution < -0.4 is 5.32 Å². The first kappa shape index (κ1) is 19.5. The molecule has 23 heavy (non-hydrogen) atoms. The molecule has 126 valence electrons. The van der Waals surface area contributed by atoms with E-state index in [1.807, 2.05) is 47.0 Å². The van der Waals surface area contributed by atoms with E-state index in [-0.39, 0.29) is 30.7 Å². The molecule has 1 aliphatic heterocycles. The first-order valence-electron chi connectivity index (χ1n) is 7.33. The minimum Gasteiger partial charge on any atom is -0.337 e. The Bertz CT molecular complexity index is 601. The van der Waals surface area contributed by atoms with Gasteiger partial charge in [-0.05, 0) is 44.2 Å². The van der Waals surface area contributed by atoms with Gasteiger partial charge < -0.3 is 14.8 Å². The van der Waals surface area contributed by atoms with Crippen LogP contribution in [0.4, 0.5) is 0 Å². The number of likely N-dealkylation sites (N-methyl/N-ethyl adjacent to an activating group) is 1. The van der Waals surface area contributed by atoms with E-state index in [2.05, 4.69) is 10.3 Å². The number of rotatable bonds is 3. The van der Waals surface area contributed by atoms with E-state index in [1.54, 1.807) is 12.5 Å². The molecule has 5 nitrogen and oxygen atoms in total. The fourth-order valence-corrected chi connectivity index (χ4v) is 2.77. The number of benzene rings is 1. The summed E-state index contributed by atoms with van der Waals surface area (Å²) >= 11 is 0. The van der Waals surface area contributed by atoms with Crippen molar-refractivity contribution in [1.82, 2.24) is 19.8 Å². The molecule has 0 aliphatic carbocycles. The summed E-state index contributed by atoms with van der Waals surface area (Å²) in [5.41, 5.74) is 1.76. The Morgan fingerprint density at radius 1 is 1.26 bits per heavy atom. The number of hydrogen-bond acceptors (Lipinski definition) is 3. The molecule has 0 spiro atoms. The largest absolute Gasteiger partial charge is 0.337 e. The normalized spacial score (nSPS) is 17.1. The van der Waals surface area contributed by atoms with Gasteiger partial charge in [0.15, 0.2) is 0 Å². The first-order valence-corrected chi connectivity index (χ1v) is 7.33. The van der Waals surface area contributed by atoms with Crippen LogP contribution in [0.5, 0.6) is 0 Å². The van der Waals surface area contributed by atoms with Gasteiger partial charge in [-0.15, -0.1) is 24.8 Å². The van der Waals surface area contributed by atoms with Gasteiger partial charge >= 0.3 is 0 Å². The highest BCUT2D eigenvalue weighted by Crippen LogP contribution is 2.15. The summed E-state index contributed by atoms with van der Waals surface area (Å²) < 4.78 is 1.92. The smallest absolute Gasteiger partial charge is 0.253 e. The average Bonchev–Trinajstić information content (AvgIpc) is 3.09. The molecule has 1 aromatic carbocycles. The van der Waals surface area contributed by atoms with Crippen molar-refractivity contribution in [3.05, 3.63) is 48.5 Å². The second-order valence-electron chi connectivity index (χ2n) is 5.40. The summed E-state index contributed by atoms with van der Waals surface area (Å²) in [5, 5.41) is 3.26. The molecule has 1 aromatic heterocycles. The predicted octanol–water partition coefficient (Wildman–Crippen LogP) is 2.54. The average molecular weight is 357 g/mol. The minimum absolute atomic E-state index is 0. The molecule has 1 amide bonds. The standard InChI is InChI=1S/C16H20N4O.2ClH/c1-17-14-3-2-9-19(11-14)16(21)13-4-6-15(7-5-13)20-10-8-18-12-20;;/h4-8,10,12,14,17H,2-3,9,11H2,1H3;2*1H. The van der Waals surface area contributed by atoms with Gasteiger partial charge in [0.2, 0.25) is 0 Å². The fraction of sp³-hybridized carbons (Fsp3) is 0.375. The lowest BCUT2D eigenvalue weighted by atomic mass is 10.0. The number of nitrogens with one attached hydrogen (secondary N) is 1. The van der Waals surface area contributed by atoms with E-state index >= 15 is 0 Å². The van der Waals surface area contributed by atoms with Gasteiger partial charge in [0, 0.05) is 42.8 Å². The molecule has 1 unspecified atom stereocenters. The van der Waals surface area contributed by atoms with E-state index in [0.29, 0.717) is 6.04 Å². The number of amides is 1. The Balaban J connectivity index is 0.00000132. The number of carbonyl (C=O) groups excluding carboxylic acids is 1. The van der Waals surface area contributed by atoms with Crippen molar-refractivity contribution in [3.63, 3.8) is 0 Å². The van der Waals surface area contributed by atoms with Crippen LogP contribution in [-0.2, 0) is 0 Å². The maximum Gasteiger partial charge on any atom is 0.253 e. The lowest BCUT2D eigenvalue weighted by Gasteiger charge is -2.32. The van der Waals surface area contributed by atoms with E-state index < -0.39 is 0 Å². The van der Waals surface area contributed by atoms with Gasteiger partial charge in [0.1, 0.15) is 0 Å². The second-order valence-corrected chi connectivity index (χ2v) is 5.40. The van der Waals surface area contributed by atoms with Crippen LogP contribution in [0.15, 0.2) is 43.0 Å². The van der Waals surface area contributed by atoms with Crippen molar-refractivity contribution >= 4 is 30.7 Å². The van der Waals surface area contributed by atoms with Crippen molar-refractivity contribution in [2.45, 2.75) is 18.9 Å². The predicted molar refractivity (Wildman–Crippen MR) is 96.0 cm³/mol. The topological polar surface area (TPSA) is 50.2 Å². The zero-order valence-corrected chi connectivity index (χ0v) is 14.6. The Morgan fingerprint density at radius 3 is 2.61 bits per heavy atom. The molecule has 0 radical (unpaired) electrons. The van der Waals surface area contributed by atoms with Gasteiger partial charge in [-0.3, -0.25) is 4.79 Å². The van der Waals surface area contributed by atoms with Crippen molar-refractivity contribution in [3.8, 4) is 5.69 Å². The van der Waals surface area contributed by atoms with Crippen LogP contribution in [-0.4, -0.2) is 46.5 Å². The quantitative estimate of drug-likeness (QED) is 0.919. The van der Waals surface area contributed by atoms with Gasteiger partial charge in [0.05, 0.1) is 6.33 Å². The molecule has 1 N–H and O–H groups in total. The molecule has 2 heterocycles. The third-order valence-corrected chi connectivity index (χ3v) is 4.03. The third-order valence-electron chi connectivity index (χ3n) is 4.03. The number of hydrogen-bond donors (Lipinski definition) is 1. The molecular formula is C16H22Cl2N4O. The summed E-state index contributed by atoms with van der Waals surface area (Å²) in [6.07, 6.45) is 7.58. The van der Waals surface area contributed by atoms with E-state index in [4.69, 9.17) is 0 Å². The van der Waals surface area contributed by atoms with Crippen molar-refractivity contribution in [1.29, 1.82) is 0 Å². The zero-order valence-electron chi connectivity index (χ0n) is 13.0. The number of carbonyl (C=O) groups is 1. The third kappa shape index (κ3) is 4.47. The molecule has 0 saturated carbocycles. The molecule has 0 bridgehead atoms. The van der Waals surface area contributed by atoms with Gasteiger partial charge in [0.25, 0.3) is 5.91 Å². The van der Waals surface area contributed by atoms with Gasteiger partial charge in [-0.25, -0.2) is 4.98 Å². The van der Waals surface area contributed by atoms with Crippen LogP contribution in [0.1, 0.15) is 23.2 Å². The highest BCUT2D eigenvalue weighted by Gasteiger charge is 2.23. The van der Waals surface area contributed by atoms with Crippen molar-refractivity contribution < 1.29 is 4.79 Å². The molecule has 2 aromatic rings. The highest BCUT2D eigenvalue weighted by atomic mass is 35.5. The number of piperidine rings is 1. The Kier molecular flexibility index (Phi) is 7.55. The number of likely N-dealkylation sites (tertiary alicyclic amines) is 1. The summed E-state index contributed by atoms with van der Waals surface area (Å²) in [4.78, 5) is 18.5. The van der Waals surface area contributed by atoms with E-state index in [1.165, 1.54) is 0 Å². The maximum atomic E-state index is 12.5. The van der Waals surface area contributed by atoms with Gasteiger partial charge in [-0.2, -0.15) is 0 Å². The van der Waals surface area contributed by atoms with Crippen LogP contribution >= 0.6 is 24.8 Å². The monoisotopic (exact) mass is 356 g/mol. The summed E-state index contributed by atoms with van der Waals surface area (Å²) in [6, 6.07) is 8.09. The molecular weight excluding hydrogens is 335 g/mol. The highest BCUT2D eigenvalue weighted by molar-refractivity contribution is 5.94. The Labute approximate surface area is 148 Å². The molecule has 3 rings (SSSR count). The summed E-state index contributed by atoms with van der Waals surface area (Å²) in [6.45, 7) is 1.64. The van der Waals surface area contributed by atoms with Crippen molar-refractivity contribution in [2.75, 3.05) is 20.1 Å². The maximum absolute atomic E-state index is 12.5. The Morgan fingerprint density at radius 2 is 2.00 bits per heavy atom. The van der Waals surface area contributed by atoms with Gasteiger partial charge in [-0.1, -0.05) is 0 Å². The summed E-state index contributed by atoms with van der Waals surface area (Å²) in [5.74, 6) is 0.118. The molecule has 7 heteroatoms.